The number of benzene rings is 3. The lowest BCUT2D eigenvalue weighted by Gasteiger charge is -2.26. The zero-order chi connectivity index (χ0) is 22.2. The molecule has 0 saturated heterocycles. The van der Waals surface area contributed by atoms with Crippen LogP contribution in [0.1, 0.15) is 47.4 Å². The van der Waals surface area contributed by atoms with Gasteiger partial charge in [0.25, 0.3) is 0 Å². The van der Waals surface area contributed by atoms with Crippen LogP contribution >= 0.6 is 0 Å². The van der Waals surface area contributed by atoms with Crippen molar-refractivity contribution in [2.75, 3.05) is 13.2 Å². The summed E-state index contributed by atoms with van der Waals surface area (Å²) in [5.41, 5.74) is 5.21. The van der Waals surface area contributed by atoms with Gasteiger partial charge in [0.15, 0.2) is 6.61 Å². The lowest BCUT2D eigenvalue weighted by molar-refractivity contribution is -0.139. The van der Waals surface area contributed by atoms with E-state index in [0.29, 0.717) is 18.3 Å². The van der Waals surface area contributed by atoms with E-state index in [1.165, 1.54) is 5.56 Å². The Balaban J connectivity index is 1.45. The maximum atomic E-state index is 10.9. The third-order valence-electron chi connectivity index (χ3n) is 5.75. The van der Waals surface area contributed by atoms with E-state index in [-0.39, 0.29) is 6.61 Å². The molecule has 1 unspecified atom stereocenters. The average Bonchev–Trinajstić information content (AvgIpc) is 2.84. The molecule has 1 N–H and O–H groups in total. The van der Waals surface area contributed by atoms with E-state index in [4.69, 9.17) is 14.7 Å². The molecule has 0 heterocycles. The van der Waals surface area contributed by atoms with Gasteiger partial charge in [-0.3, -0.25) is 0 Å². The number of rotatable bonds is 9. The Bertz CT molecular complexity index is 1020. The van der Waals surface area contributed by atoms with E-state index in [0.717, 1.165) is 48.1 Å². The summed E-state index contributed by atoms with van der Waals surface area (Å²) in [7, 11) is 0. The molecule has 1 atom stereocenters. The fourth-order valence-electron chi connectivity index (χ4n) is 4.26. The first-order chi connectivity index (χ1) is 15.7. The lowest BCUT2D eigenvalue weighted by atomic mass is 9.81. The fourth-order valence-corrected chi connectivity index (χ4v) is 4.26. The normalized spacial score (nSPS) is 14.8. The number of hydrogen-bond acceptors (Lipinski definition) is 4. The van der Waals surface area contributed by atoms with Gasteiger partial charge < -0.3 is 14.7 Å². The number of nitrogens with zero attached hydrogens (tertiary/aromatic N) is 1. The van der Waals surface area contributed by atoms with Crippen molar-refractivity contribution < 1.29 is 19.5 Å². The molecule has 5 nitrogen and oxygen atoms in total. The molecule has 0 aliphatic heterocycles. The van der Waals surface area contributed by atoms with Gasteiger partial charge in [0.05, 0.1) is 0 Å². The smallest absolute Gasteiger partial charge is 0.341 e. The topological polar surface area (TPSA) is 68.1 Å². The highest BCUT2D eigenvalue weighted by Gasteiger charge is 2.23. The molecule has 3 aromatic rings. The number of carboxylic acids is 1. The second kappa shape index (κ2) is 10.6. The number of aliphatic carboxylic acids is 1. The minimum absolute atomic E-state index is 0.319. The van der Waals surface area contributed by atoms with Crippen molar-refractivity contribution in [2.24, 2.45) is 5.16 Å². The first-order valence-corrected chi connectivity index (χ1v) is 11.0. The van der Waals surface area contributed by atoms with Gasteiger partial charge in [-0.15, -0.1) is 0 Å². The van der Waals surface area contributed by atoms with Crippen LogP contribution < -0.4 is 4.74 Å². The second-order valence-electron chi connectivity index (χ2n) is 7.89. The van der Waals surface area contributed by atoms with Crippen molar-refractivity contribution >= 4 is 11.7 Å². The summed E-state index contributed by atoms with van der Waals surface area (Å²) in [5, 5.41) is 13.4. The molecule has 5 heteroatoms. The van der Waals surface area contributed by atoms with Crippen LogP contribution in [0.25, 0.3) is 0 Å². The van der Waals surface area contributed by atoms with E-state index in [1.807, 2.05) is 72.8 Å². The van der Waals surface area contributed by atoms with Crippen molar-refractivity contribution in [2.45, 2.75) is 31.6 Å². The van der Waals surface area contributed by atoms with Gasteiger partial charge in [0.1, 0.15) is 18.1 Å². The van der Waals surface area contributed by atoms with Gasteiger partial charge in [-0.25, -0.2) is 4.79 Å². The van der Waals surface area contributed by atoms with E-state index in [1.54, 1.807) is 0 Å². The molecule has 0 bridgehead atoms. The predicted octanol–water partition coefficient (Wildman–Crippen LogP) is 5.43. The monoisotopic (exact) mass is 429 g/mol. The van der Waals surface area contributed by atoms with E-state index < -0.39 is 5.97 Å². The molecule has 164 valence electrons. The molecule has 0 saturated carbocycles. The van der Waals surface area contributed by atoms with Crippen molar-refractivity contribution in [3.8, 4) is 5.75 Å². The summed E-state index contributed by atoms with van der Waals surface area (Å²) in [6.07, 6.45) is 3.88. The zero-order valence-electron chi connectivity index (χ0n) is 17.9. The molecule has 4 rings (SSSR count). The van der Waals surface area contributed by atoms with Crippen LogP contribution in [0, 0.1) is 0 Å². The Morgan fingerprint density at radius 1 is 0.938 bits per heavy atom. The molecule has 1 aliphatic rings. The summed E-state index contributed by atoms with van der Waals surface area (Å²) in [5.74, 6) is 0.0667. The highest BCUT2D eigenvalue weighted by Crippen LogP contribution is 2.38. The molecular weight excluding hydrogens is 402 g/mol. The molecule has 0 fully saturated rings. The summed E-state index contributed by atoms with van der Waals surface area (Å²) >= 11 is 0. The summed E-state index contributed by atoms with van der Waals surface area (Å²) < 4.78 is 5.52. The highest BCUT2D eigenvalue weighted by molar-refractivity contribution is 6.12. The molecule has 32 heavy (non-hydrogen) atoms. The Morgan fingerprint density at radius 3 is 2.28 bits per heavy atom. The quantitative estimate of drug-likeness (QED) is 0.280. The first-order valence-electron chi connectivity index (χ1n) is 11.0. The number of hydrogen-bond donors (Lipinski definition) is 1. The predicted molar refractivity (Wildman–Crippen MR) is 124 cm³/mol. The number of carboxylic acid groups (broad SMARTS) is 1. The standard InChI is InChI=1S/C27H27NO4/c29-26(30)19-31-25-16-8-14-23-20(13-7-15-24(23)25)17-18-32-28-27(21-9-3-1-4-10-21)22-11-5-2-6-12-22/h1-6,8-12,14,16,20H,7,13,15,17-19H2,(H,29,30). The zero-order valence-corrected chi connectivity index (χ0v) is 17.9. The molecule has 1 aliphatic carbocycles. The van der Waals surface area contributed by atoms with Crippen molar-refractivity contribution in [1.82, 2.24) is 0 Å². The van der Waals surface area contributed by atoms with Crippen LogP contribution in [0.5, 0.6) is 5.75 Å². The maximum Gasteiger partial charge on any atom is 0.341 e. The number of oxime groups is 1. The van der Waals surface area contributed by atoms with Crippen LogP contribution in [-0.2, 0) is 16.1 Å². The molecule has 0 spiro atoms. The van der Waals surface area contributed by atoms with Crippen molar-refractivity contribution in [1.29, 1.82) is 0 Å². The molecule has 3 aromatic carbocycles. The van der Waals surface area contributed by atoms with Gasteiger partial charge in [-0.05, 0) is 48.8 Å². The van der Waals surface area contributed by atoms with Crippen LogP contribution in [0.3, 0.4) is 0 Å². The van der Waals surface area contributed by atoms with Crippen molar-refractivity contribution in [3.05, 3.63) is 101 Å². The Kier molecular flexibility index (Phi) is 7.18. The lowest BCUT2D eigenvalue weighted by Crippen LogP contribution is -2.15. The third kappa shape index (κ3) is 5.35. The van der Waals surface area contributed by atoms with Crippen LogP contribution in [0.15, 0.2) is 84.0 Å². The van der Waals surface area contributed by atoms with Crippen molar-refractivity contribution in [3.63, 3.8) is 0 Å². The minimum atomic E-state index is -0.964. The Morgan fingerprint density at radius 2 is 1.62 bits per heavy atom. The number of fused-ring (bicyclic) bond motifs is 1. The van der Waals surface area contributed by atoms with Gasteiger partial charge in [-0.1, -0.05) is 78.0 Å². The largest absolute Gasteiger partial charge is 0.482 e. The maximum absolute atomic E-state index is 10.9. The van der Waals surface area contributed by atoms with Gasteiger partial charge in [0, 0.05) is 11.1 Å². The first kappa shape index (κ1) is 21.6. The third-order valence-corrected chi connectivity index (χ3v) is 5.75. The molecule has 0 aromatic heterocycles. The van der Waals surface area contributed by atoms with Crippen LogP contribution in [0.4, 0.5) is 0 Å². The minimum Gasteiger partial charge on any atom is -0.482 e. The fraction of sp³-hybridized carbons (Fsp3) is 0.259. The van der Waals surface area contributed by atoms with Gasteiger partial charge >= 0.3 is 5.97 Å². The van der Waals surface area contributed by atoms with Crippen LogP contribution in [-0.4, -0.2) is 30.0 Å². The summed E-state index contributed by atoms with van der Waals surface area (Å²) in [6, 6.07) is 26.0. The number of carbonyl (C=O) groups is 1. The molecule has 0 amide bonds. The molecular formula is C27H27NO4. The van der Waals surface area contributed by atoms with E-state index in [9.17, 15) is 4.79 Å². The Hall–Kier alpha value is -3.60. The van der Waals surface area contributed by atoms with E-state index >= 15 is 0 Å². The van der Waals surface area contributed by atoms with E-state index in [2.05, 4.69) is 11.2 Å². The second-order valence-corrected chi connectivity index (χ2v) is 7.89. The average molecular weight is 430 g/mol. The highest BCUT2D eigenvalue weighted by atomic mass is 16.6. The SMILES string of the molecule is O=C(O)COc1cccc2c1CCCC2CCON=C(c1ccccc1)c1ccccc1. The Labute approximate surface area is 188 Å². The van der Waals surface area contributed by atoms with Gasteiger partial charge in [0.2, 0.25) is 0 Å². The van der Waals surface area contributed by atoms with Crippen LogP contribution in [0.2, 0.25) is 0 Å². The summed E-state index contributed by atoms with van der Waals surface area (Å²) in [6.45, 7) is 0.189. The number of ether oxygens (including phenoxy) is 1. The summed E-state index contributed by atoms with van der Waals surface area (Å²) in [4.78, 5) is 16.7. The van der Waals surface area contributed by atoms with Gasteiger partial charge in [-0.2, -0.15) is 0 Å². The molecule has 0 radical (unpaired) electrons.